The van der Waals surface area contributed by atoms with Crippen molar-refractivity contribution < 1.29 is 9.53 Å². The van der Waals surface area contributed by atoms with Gasteiger partial charge in [-0.15, -0.1) is 0 Å². The smallest absolute Gasteiger partial charge is 0.257 e. The molecule has 0 unspecified atom stereocenters. The summed E-state index contributed by atoms with van der Waals surface area (Å²) in [5.41, 5.74) is 7.42. The molecular weight excluding hydrogens is 278 g/mol. The molecule has 0 aliphatic heterocycles. The van der Waals surface area contributed by atoms with Crippen LogP contribution >= 0.6 is 0 Å². The summed E-state index contributed by atoms with van der Waals surface area (Å²) >= 11 is 0. The van der Waals surface area contributed by atoms with Crippen molar-refractivity contribution in [2.45, 2.75) is 0 Å². The van der Waals surface area contributed by atoms with Crippen LogP contribution in [0.15, 0.2) is 54.7 Å². The molecule has 0 saturated heterocycles. The van der Waals surface area contributed by atoms with Gasteiger partial charge in [0, 0.05) is 34.4 Å². The van der Waals surface area contributed by atoms with Gasteiger partial charge in [-0.05, 0) is 18.2 Å². The number of carbonyl (C=O) groups is 1. The summed E-state index contributed by atoms with van der Waals surface area (Å²) in [6.07, 6.45) is 1.71. The fraction of sp³-hybridized carbons (Fsp3) is 0.0588. The Kier molecular flexibility index (Phi) is 3.62. The second kappa shape index (κ2) is 5.73. The molecule has 3 rings (SSSR count). The van der Waals surface area contributed by atoms with Crippen LogP contribution in [0.1, 0.15) is 10.4 Å². The third-order valence-electron chi connectivity index (χ3n) is 3.40. The number of ether oxygens (including phenoxy) is 1. The molecule has 3 N–H and O–H groups in total. The lowest BCUT2D eigenvalue weighted by Gasteiger charge is -2.10. The Bertz CT molecular complexity index is 846. The molecule has 110 valence electrons. The molecule has 0 aliphatic carbocycles. The highest BCUT2D eigenvalue weighted by Gasteiger charge is 2.11. The largest absolute Gasteiger partial charge is 0.481 e. The monoisotopic (exact) mass is 293 g/mol. The molecular formula is C17H15N3O2. The number of nitrogen functional groups attached to an aromatic ring is 1. The minimum Gasteiger partial charge on any atom is -0.481 e. The van der Waals surface area contributed by atoms with Crippen LogP contribution in [0.2, 0.25) is 0 Å². The minimum absolute atomic E-state index is 0.249. The number of methoxy groups -OCH3 is 1. The van der Waals surface area contributed by atoms with Gasteiger partial charge in [-0.2, -0.15) is 0 Å². The molecule has 0 saturated carbocycles. The number of nitrogens with one attached hydrogen (secondary N) is 1. The lowest BCUT2D eigenvalue weighted by atomic mass is 10.1. The first kappa shape index (κ1) is 13.9. The van der Waals surface area contributed by atoms with Crippen LogP contribution < -0.4 is 15.8 Å². The van der Waals surface area contributed by atoms with Crippen molar-refractivity contribution in [2.75, 3.05) is 18.2 Å². The van der Waals surface area contributed by atoms with E-state index in [0.717, 1.165) is 10.8 Å². The number of fused-ring (bicyclic) bond motifs is 1. The van der Waals surface area contributed by atoms with Crippen LogP contribution in [0.25, 0.3) is 10.8 Å². The third kappa shape index (κ3) is 2.56. The topological polar surface area (TPSA) is 77.2 Å². The van der Waals surface area contributed by atoms with Crippen LogP contribution in [0.4, 0.5) is 11.4 Å². The van der Waals surface area contributed by atoms with Crippen molar-refractivity contribution in [3.63, 3.8) is 0 Å². The summed E-state index contributed by atoms with van der Waals surface area (Å²) in [4.78, 5) is 16.6. The summed E-state index contributed by atoms with van der Waals surface area (Å²) in [5, 5.41) is 4.67. The Morgan fingerprint density at radius 2 is 2.00 bits per heavy atom. The van der Waals surface area contributed by atoms with Gasteiger partial charge in [0.05, 0.1) is 12.7 Å². The molecule has 1 aromatic heterocycles. The summed E-state index contributed by atoms with van der Waals surface area (Å²) in [5.74, 6) is 0.245. The summed E-state index contributed by atoms with van der Waals surface area (Å²) in [7, 11) is 1.56. The number of benzene rings is 2. The van der Waals surface area contributed by atoms with Gasteiger partial charge in [0.15, 0.2) is 0 Å². The van der Waals surface area contributed by atoms with Crippen molar-refractivity contribution in [2.24, 2.45) is 0 Å². The molecule has 1 amide bonds. The minimum atomic E-state index is -0.249. The molecule has 5 nitrogen and oxygen atoms in total. The Morgan fingerprint density at radius 3 is 2.77 bits per heavy atom. The lowest BCUT2D eigenvalue weighted by Crippen LogP contribution is -2.14. The molecule has 0 spiro atoms. The number of carbonyl (C=O) groups excluding carboxylic acids is 1. The highest BCUT2D eigenvalue weighted by Crippen LogP contribution is 2.26. The van der Waals surface area contributed by atoms with E-state index in [1.165, 1.54) is 0 Å². The molecule has 0 atom stereocenters. The van der Waals surface area contributed by atoms with Crippen LogP contribution in [0.3, 0.4) is 0 Å². The maximum atomic E-state index is 12.4. The SMILES string of the molecule is COc1cc2c(NC(=O)c3ccccc3N)cccc2cn1. The van der Waals surface area contributed by atoms with Gasteiger partial charge >= 0.3 is 0 Å². The van der Waals surface area contributed by atoms with Gasteiger partial charge in [0.25, 0.3) is 5.91 Å². The van der Waals surface area contributed by atoms with E-state index in [0.29, 0.717) is 22.8 Å². The summed E-state index contributed by atoms with van der Waals surface area (Å²) < 4.78 is 5.14. The Hall–Kier alpha value is -3.08. The number of nitrogens with zero attached hydrogens (tertiary/aromatic N) is 1. The number of nitrogens with two attached hydrogens (primary N) is 1. The van der Waals surface area contributed by atoms with Gasteiger partial charge in [0.2, 0.25) is 5.88 Å². The normalized spacial score (nSPS) is 10.4. The summed E-state index contributed by atoms with van der Waals surface area (Å²) in [6, 6.07) is 14.4. The quantitative estimate of drug-likeness (QED) is 0.727. The maximum absolute atomic E-state index is 12.4. The second-order valence-corrected chi connectivity index (χ2v) is 4.79. The van der Waals surface area contributed by atoms with E-state index in [1.807, 2.05) is 18.2 Å². The molecule has 22 heavy (non-hydrogen) atoms. The highest BCUT2D eigenvalue weighted by atomic mass is 16.5. The summed E-state index contributed by atoms with van der Waals surface area (Å²) in [6.45, 7) is 0. The van der Waals surface area contributed by atoms with Crippen LogP contribution in [0, 0.1) is 0 Å². The lowest BCUT2D eigenvalue weighted by molar-refractivity contribution is 0.102. The highest BCUT2D eigenvalue weighted by molar-refractivity contribution is 6.11. The number of anilines is 2. The zero-order valence-electron chi connectivity index (χ0n) is 12.0. The first-order valence-corrected chi connectivity index (χ1v) is 6.77. The number of aromatic nitrogens is 1. The van der Waals surface area contributed by atoms with Crippen LogP contribution in [-0.2, 0) is 0 Å². The van der Waals surface area contributed by atoms with Gasteiger partial charge in [-0.1, -0.05) is 24.3 Å². The number of amides is 1. The van der Waals surface area contributed by atoms with Crippen LogP contribution in [0.5, 0.6) is 5.88 Å². The van der Waals surface area contributed by atoms with Gasteiger partial charge in [-0.3, -0.25) is 4.79 Å². The van der Waals surface area contributed by atoms with Crippen molar-refractivity contribution in [1.82, 2.24) is 4.98 Å². The molecule has 2 aromatic carbocycles. The van der Waals surface area contributed by atoms with E-state index < -0.39 is 0 Å². The molecule has 0 radical (unpaired) electrons. The number of hydrogen-bond acceptors (Lipinski definition) is 4. The number of hydrogen-bond donors (Lipinski definition) is 2. The van der Waals surface area contributed by atoms with Crippen molar-refractivity contribution in [3.8, 4) is 5.88 Å². The number of pyridine rings is 1. The van der Waals surface area contributed by atoms with Crippen molar-refractivity contribution in [3.05, 3.63) is 60.3 Å². The Balaban J connectivity index is 2.00. The van der Waals surface area contributed by atoms with Crippen LogP contribution in [-0.4, -0.2) is 18.0 Å². The van der Waals surface area contributed by atoms with E-state index >= 15 is 0 Å². The first-order valence-electron chi connectivity index (χ1n) is 6.77. The molecule has 0 bridgehead atoms. The van der Waals surface area contributed by atoms with E-state index in [1.54, 1.807) is 43.6 Å². The first-order chi connectivity index (χ1) is 10.7. The fourth-order valence-electron chi connectivity index (χ4n) is 2.26. The molecule has 0 aliphatic rings. The van der Waals surface area contributed by atoms with Crippen molar-refractivity contribution in [1.29, 1.82) is 0 Å². The average molecular weight is 293 g/mol. The molecule has 1 heterocycles. The Morgan fingerprint density at radius 1 is 1.18 bits per heavy atom. The van der Waals surface area contributed by atoms with E-state index in [4.69, 9.17) is 10.5 Å². The molecule has 3 aromatic rings. The van der Waals surface area contributed by atoms with Gasteiger partial charge in [0.1, 0.15) is 0 Å². The van der Waals surface area contributed by atoms with Crippen molar-refractivity contribution >= 4 is 28.1 Å². The van der Waals surface area contributed by atoms with E-state index in [2.05, 4.69) is 10.3 Å². The predicted octanol–water partition coefficient (Wildman–Crippen LogP) is 3.08. The number of rotatable bonds is 3. The van der Waals surface area contributed by atoms with E-state index in [-0.39, 0.29) is 5.91 Å². The maximum Gasteiger partial charge on any atom is 0.257 e. The standard InChI is InChI=1S/C17H15N3O2/c1-22-16-9-13-11(10-19-16)5-4-8-15(13)20-17(21)12-6-2-3-7-14(12)18/h2-10H,18H2,1H3,(H,20,21). The Labute approximate surface area is 127 Å². The second-order valence-electron chi connectivity index (χ2n) is 4.79. The van der Waals surface area contributed by atoms with Gasteiger partial charge in [-0.25, -0.2) is 4.98 Å². The predicted molar refractivity (Wildman–Crippen MR) is 87.1 cm³/mol. The number of para-hydroxylation sites is 1. The van der Waals surface area contributed by atoms with Gasteiger partial charge < -0.3 is 15.8 Å². The molecule has 5 heteroatoms. The fourth-order valence-corrected chi connectivity index (χ4v) is 2.26. The molecule has 0 fully saturated rings. The third-order valence-corrected chi connectivity index (χ3v) is 3.40. The van der Waals surface area contributed by atoms with E-state index in [9.17, 15) is 4.79 Å². The zero-order valence-corrected chi connectivity index (χ0v) is 12.0. The zero-order chi connectivity index (χ0) is 15.5. The average Bonchev–Trinajstić information content (AvgIpc) is 2.55.